The summed E-state index contributed by atoms with van der Waals surface area (Å²) in [6.45, 7) is 11.0. The molecule has 110 valence electrons. The molecule has 0 aliphatic heterocycles. The molecule has 1 unspecified atom stereocenters. The maximum atomic E-state index is 6.45. The molecule has 0 aromatic carbocycles. The zero-order valence-corrected chi connectivity index (χ0v) is 13.8. The van der Waals surface area contributed by atoms with Gasteiger partial charge in [-0.25, -0.2) is 0 Å². The summed E-state index contributed by atoms with van der Waals surface area (Å²) < 4.78 is 1.95. The number of nitrogens with zero attached hydrogens (tertiary/aromatic N) is 2. The largest absolute Gasteiger partial charge is 0.316 e. The second-order valence-electron chi connectivity index (χ2n) is 5.70. The van der Waals surface area contributed by atoms with Crippen LogP contribution in [-0.4, -0.2) is 22.9 Å². The number of halogens is 1. The molecule has 1 aromatic rings. The molecule has 0 amide bonds. The second-order valence-corrected chi connectivity index (χ2v) is 6.08. The minimum atomic E-state index is 0.234. The number of rotatable bonds is 8. The van der Waals surface area contributed by atoms with Gasteiger partial charge in [-0.05, 0) is 37.6 Å². The predicted molar refractivity (Wildman–Crippen MR) is 82.9 cm³/mol. The average Bonchev–Trinajstić information content (AvgIpc) is 2.66. The Balaban J connectivity index is 2.82. The SMILES string of the molecule is CCCNCC(C)(CC)Cc1c(Cl)c(CC)nn1C. The summed E-state index contributed by atoms with van der Waals surface area (Å²) in [5, 5.41) is 8.90. The van der Waals surface area contributed by atoms with Gasteiger partial charge in [0.1, 0.15) is 0 Å². The van der Waals surface area contributed by atoms with Gasteiger partial charge in [0.05, 0.1) is 16.4 Å². The van der Waals surface area contributed by atoms with Gasteiger partial charge in [0.25, 0.3) is 0 Å². The van der Waals surface area contributed by atoms with Gasteiger partial charge in [-0.3, -0.25) is 4.68 Å². The summed E-state index contributed by atoms with van der Waals surface area (Å²) in [6.07, 6.45) is 4.17. The molecule has 0 aliphatic carbocycles. The van der Waals surface area contributed by atoms with E-state index in [0.717, 1.165) is 43.1 Å². The first-order valence-electron chi connectivity index (χ1n) is 7.38. The van der Waals surface area contributed by atoms with Gasteiger partial charge < -0.3 is 5.32 Å². The standard InChI is InChI=1S/C15H28ClN3/c1-6-9-17-11-15(4,8-3)10-13-14(16)12(7-2)18-19(13)5/h17H,6-11H2,1-5H3. The zero-order valence-electron chi connectivity index (χ0n) is 13.0. The molecule has 0 spiro atoms. The number of hydrogen-bond donors (Lipinski definition) is 1. The van der Waals surface area contributed by atoms with Crippen molar-refractivity contribution >= 4 is 11.6 Å². The van der Waals surface area contributed by atoms with E-state index in [-0.39, 0.29) is 5.41 Å². The smallest absolute Gasteiger partial charge is 0.0849 e. The van der Waals surface area contributed by atoms with Crippen LogP contribution in [0.3, 0.4) is 0 Å². The van der Waals surface area contributed by atoms with Crippen LogP contribution in [0.5, 0.6) is 0 Å². The highest BCUT2D eigenvalue weighted by molar-refractivity contribution is 6.31. The summed E-state index contributed by atoms with van der Waals surface area (Å²) in [5.41, 5.74) is 2.41. The summed E-state index contributed by atoms with van der Waals surface area (Å²) in [6, 6.07) is 0. The van der Waals surface area contributed by atoms with E-state index in [0.29, 0.717) is 0 Å². The molecule has 0 radical (unpaired) electrons. The van der Waals surface area contributed by atoms with Gasteiger partial charge >= 0.3 is 0 Å². The molecule has 0 aliphatic rings. The van der Waals surface area contributed by atoms with Gasteiger partial charge in [-0.2, -0.15) is 5.10 Å². The van der Waals surface area contributed by atoms with Crippen LogP contribution in [0.15, 0.2) is 0 Å². The Labute approximate surface area is 122 Å². The fraction of sp³-hybridized carbons (Fsp3) is 0.800. The van der Waals surface area contributed by atoms with Crippen LogP contribution in [0.4, 0.5) is 0 Å². The van der Waals surface area contributed by atoms with Crippen molar-refractivity contribution < 1.29 is 0 Å². The molecular formula is C15H28ClN3. The average molecular weight is 286 g/mol. The van der Waals surface area contributed by atoms with Crippen molar-refractivity contribution in [2.75, 3.05) is 13.1 Å². The van der Waals surface area contributed by atoms with Gasteiger partial charge in [-0.15, -0.1) is 0 Å². The molecule has 3 nitrogen and oxygen atoms in total. The molecule has 19 heavy (non-hydrogen) atoms. The van der Waals surface area contributed by atoms with Crippen molar-refractivity contribution in [2.45, 2.75) is 53.4 Å². The Hall–Kier alpha value is -0.540. The second kappa shape index (κ2) is 7.30. The number of hydrogen-bond acceptors (Lipinski definition) is 2. The van der Waals surface area contributed by atoms with Crippen molar-refractivity contribution in [1.82, 2.24) is 15.1 Å². The molecule has 1 heterocycles. The van der Waals surface area contributed by atoms with Crippen LogP contribution in [0.25, 0.3) is 0 Å². The molecule has 1 rings (SSSR count). The van der Waals surface area contributed by atoms with E-state index in [1.54, 1.807) is 0 Å². The fourth-order valence-electron chi connectivity index (χ4n) is 2.30. The van der Waals surface area contributed by atoms with Gasteiger partial charge in [-0.1, -0.05) is 39.3 Å². The van der Waals surface area contributed by atoms with E-state index >= 15 is 0 Å². The quantitative estimate of drug-likeness (QED) is 0.740. The maximum absolute atomic E-state index is 6.45. The molecule has 0 bridgehead atoms. The summed E-state index contributed by atoms with van der Waals surface area (Å²) in [5.74, 6) is 0. The van der Waals surface area contributed by atoms with E-state index in [4.69, 9.17) is 11.6 Å². The van der Waals surface area contributed by atoms with E-state index in [1.807, 2.05) is 11.7 Å². The lowest BCUT2D eigenvalue weighted by molar-refractivity contribution is 0.284. The fourth-order valence-corrected chi connectivity index (χ4v) is 2.66. The summed E-state index contributed by atoms with van der Waals surface area (Å²) in [4.78, 5) is 0. The Morgan fingerprint density at radius 2 is 2.00 bits per heavy atom. The third-order valence-corrected chi connectivity index (χ3v) is 4.37. The summed E-state index contributed by atoms with van der Waals surface area (Å²) >= 11 is 6.45. The van der Waals surface area contributed by atoms with Gasteiger partial charge in [0, 0.05) is 13.6 Å². The van der Waals surface area contributed by atoms with E-state index in [1.165, 1.54) is 12.1 Å². The third kappa shape index (κ3) is 4.22. The summed E-state index contributed by atoms with van der Waals surface area (Å²) in [7, 11) is 2.00. The highest BCUT2D eigenvalue weighted by Crippen LogP contribution is 2.30. The van der Waals surface area contributed by atoms with Crippen molar-refractivity contribution in [1.29, 1.82) is 0 Å². The number of nitrogens with one attached hydrogen (secondary N) is 1. The molecule has 1 aromatic heterocycles. The Kier molecular flexibility index (Phi) is 6.34. The highest BCUT2D eigenvalue weighted by Gasteiger charge is 2.26. The molecule has 4 heteroatoms. The minimum Gasteiger partial charge on any atom is -0.316 e. The van der Waals surface area contributed by atoms with Crippen LogP contribution < -0.4 is 5.32 Å². The molecule has 0 saturated carbocycles. The van der Waals surface area contributed by atoms with Crippen LogP contribution >= 0.6 is 11.6 Å². The topological polar surface area (TPSA) is 29.9 Å². The Morgan fingerprint density at radius 1 is 1.32 bits per heavy atom. The van der Waals surface area contributed by atoms with Gasteiger partial charge in [0.2, 0.25) is 0 Å². The molecule has 0 saturated heterocycles. The van der Waals surface area contributed by atoms with Crippen LogP contribution in [0, 0.1) is 5.41 Å². The van der Waals surface area contributed by atoms with E-state index in [2.05, 4.69) is 38.1 Å². The van der Waals surface area contributed by atoms with Crippen molar-refractivity contribution in [3.05, 3.63) is 16.4 Å². The monoisotopic (exact) mass is 285 g/mol. The van der Waals surface area contributed by atoms with Crippen molar-refractivity contribution in [2.24, 2.45) is 12.5 Å². The molecular weight excluding hydrogens is 258 g/mol. The lowest BCUT2D eigenvalue weighted by Crippen LogP contribution is -2.34. The number of aryl methyl sites for hydroxylation is 2. The van der Waals surface area contributed by atoms with Crippen LogP contribution in [-0.2, 0) is 19.9 Å². The van der Waals surface area contributed by atoms with Crippen LogP contribution in [0.1, 0.15) is 51.9 Å². The molecule has 1 N–H and O–H groups in total. The van der Waals surface area contributed by atoms with Crippen molar-refractivity contribution in [3.63, 3.8) is 0 Å². The third-order valence-electron chi connectivity index (χ3n) is 3.93. The lowest BCUT2D eigenvalue weighted by Gasteiger charge is -2.29. The molecule has 0 fully saturated rings. The van der Waals surface area contributed by atoms with Crippen LogP contribution in [0.2, 0.25) is 5.02 Å². The number of aromatic nitrogens is 2. The highest BCUT2D eigenvalue weighted by atomic mass is 35.5. The predicted octanol–water partition coefficient (Wildman–Crippen LogP) is 3.59. The zero-order chi connectivity index (χ0) is 14.5. The van der Waals surface area contributed by atoms with Gasteiger partial charge in [0.15, 0.2) is 0 Å². The van der Waals surface area contributed by atoms with E-state index < -0.39 is 0 Å². The minimum absolute atomic E-state index is 0.234. The maximum Gasteiger partial charge on any atom is 0.0849 e. The lowest BCUT2D eigenvalue weighted by atomic mass is 9.82. The Bertz CT molecular complexity index is 400. The first-order valence-corrected chi connectivity index (χ1v) is 7.76. The van der Waals surface area contributed by atoms with Crippen molar-refractivity contribution in [3.8, 4) is 0 Å². The Morgan fingerprint density at radius 3 is 2.47 bits per heavy atom. The molecule has 1 atom stereocenters. The normalized spacial score (nSPS) is 14.6. The van der Waals surface area contributed by atoms with E-state index in [9.17, 15) is 0 Å². The first kappa shape index (κ1) is 16.5. The first-order chi connectivity index (χ1) is 8.97.